The number of nitrogens with zero attached hydrogens (tertiary/aromatic N) is 2. The lowest BCUT2D eigenvalue weighted by atomic mass is 9.81. The van der Waals surface area contributed by atoms with E-state index >= 15 is 0 Å². The fourth-order valence-corrected chi connectivity index (χ4v) is 5.60. The van der Waals surface area contributed by atoms with Crippen molar-refractivity contribution in [3.05, 3.63) is 88.0 Å². The highest BCUT2D eigenvalue weighted by Gasteiger charge is 2.33. The SMILES string of the molecule is COc1ccc(CCN=C2CCCC(=O)/C2=C(/O)CCc2noc3c2C(=O)CC(c2ccccc2)C3)cc1OC. The number of ketones is 2. The number of hydrogen-bond acceptors (Lipinski definition) is 8. The number of carbonyl (C=O) groups excluding carboxylic acids is 2. The van der Waals surface area contributed by atoms with Crippen LogP contribution >= 0.6 is 0 Å². The number of ether oxygens (including phenoxy) is 2. The maximum absolute atomic E-state index is 13.1. The van der Waals surface area contributed by atoms with Crippen molar-refractivity contribution in [1.29, 1.82) is 0 Å². The molecule has 1 atom stereocenters. The van der Waals surface area contributed by atoms with Crippen molar-refractivity contribution in [2.75, 3.05) is 20.8 Å². The van der Waals surface area contributed by atoms with Crippen molar-refractivity contribution >= 4 is 17.3 Å². The highest BCUT2D eigenvalue weighted by Crippen LogP contribution is 2.35. The lowest BCUT2D eigenvalue weighted by molar-refractivity contribution is -0.115. The molecule has 208 valence electrons. The summed E-state index contributed by atoms with van der Waals surface area (Å²) in [7, 11) is 3.20. The molecule has 8 nitrogen and oxygen atoms in total. The second kappa shape index (κ2) is 12.3. The zero-order valence-corrected chi connectivity index (χ0v) is 22.9. The number of fused-ring (bicyclic) bond motifs is 1. The van der Waals surface area contributed by atoms with Gasteiger partial charge in [-0.3, -0.25) is 14.6 Å². The van der Waals surface area contributed by atoms with Crippen LogP contribution in [0.5, 0.6) is 11.5 Å². The fraction of sp³-hybridized carbons (Fsp3) is 0.375. The normalized spacial score (nSPS) is 19.4. The number of Topliss-reactive ketones (excluding diaryl/α,β-unsaturated/α-hetero) is 2. The van der Waals surface area contributed by atoms with Gasteiger partial charge in [0.1, 0.15) is 11.5 Å². The van der Waals surface area contributed by atoms with E-state index in [0.29, 0.717) is 91.3 Å². The van der Waals surface area contributed by atoms with Crippen LogP contribution in [0.15, 0.2) is 69.4 Å². The molecule has 2 aromatic carbocycles. The minimum atomic E-state index is -0.0995. The van der Waals surface area contributed by atoms with Crippen LogP contribution < -0.4 is 9.47 Å². The van der Waals surface area contributed by atoms with E-state index in [4.69, 9.17) is 19.0 Å². The molecule has 2 aliphatic rings. The minimum absolute atomic E-state index is 0.00302. The Morgan fingerprint density at radius 2 is 1.80 bits per heavy atom. The van der Waals surface area contributed by atoms with Gasteiger partial charge in [-0.25, -0.2) is 0 Å². The molecule has 2 aliphatic carbocycles. The number of aliphatic hydroxyl groups excluding tert-OH is 1. The lowest BCUT2D eigenvalue weighted by Gasteiger charge is -2.20. The third-order valence-electron chi connectivity index (χ3n) is 7.67. The number of methoxy groups -OCH3 is 2. The van der Waals surface area contributed by atoms with Gasteiger partial charge >= 0.3 is 0 Å². The molecule has 1 fully saturated rings. The third kappa shape index (κ3) is 5.86. The summed E-state index contributed by atoms with van der Waals surface area (Å²) in [5.41, 5.74) is 4.16. The summed E-state index contributed by atoms with van der Waals surface area (Å²) in [6.07, 6.45) is 3.88. The highest BCUT2D eigenvalue weighted by atomic mass is 16.5. The zero-order chi connectivity index (χ0) is 28.1. The Labute approximate surface area is 233 Å². The molecule has 0 amide bonds. The number of aliphatic hydroxyl groups is 1. The van der Waals surface area contributed by atoms with Crippen molar-refractivity contribution in [2.45, 2.75) is 57.3 Å². The van der Waals surface area contributed by atoms with Crippen LogP contribution in [0.4, 0.5) is 0 Å². The molecule has 1 aromatic heterocycles. The molecule has 1 heterocycles. The average Bonchev–Trinajstić information content (AvgIpc) is 3.40. The average molecular weight is 543 g/mol. The van der Waals surface area contributed by atoms with E-state index in [2.05, 4.69) is 5.16 Å². The Hall–Kier alpha value is -4.20. The smallest absolute Gasteiger partial charge is 0.168 e. The van der Waals surface area contributed by atoms with Gasteiger partial charge in [0.25, 0.3) is 0 Å². The van der Waals surface area contributed by atoms with Crippen LogP contribution in [0.1, 0.15) is 71.0 Å². The summed E-state index contributed by atoms with van der Waals surface area (Å²) in [5, 5.41) is 15.2. The summed E-state index contributed by atoms with van der Waals surface area (Å²) in [5.74, 6) is 1.88. The van der Waals surface area contributed by atoms with Crippen molar-refractivity contribution in [1.82, 2.24) is 5.16 Å². The molecule has 5 rings (SSSR count). The first kappa shape index (κ1) is 27.4. The molecule has 0 aliphatic heterocycles. The van der Waals surface area contributed by atoms with Crippen LogP contribution in [-0.4, -0.2) is 48.3 Å². The van der Waals surface area contributed by atoms with Crippen LogP contribution in [0.3, 0.4) is 0 Å². The molecule has 40 heavy (non-hydrogen) atoms. The molecule has 0 radical (unpaired) electrons. The van der Waals surface area contributed by atoms with E-state index < -0.39 is 0 Å². The topological polar surface area (TPSA) is 111 Å². The standard InChI is InChI=1S/C32H34N2O6/c1-38-28-14-11-20(17-29(28)39-2)15-16-33-23-9-6-10-25(35)31(23)26(36)13-12-24-32-27(37)18-22(19-30(32)40-34-24)21-7-4-3-5-8-21/h3-5,7-8,11,14,17,22,36H,6,9-10,12-13,15-16,18-19H2,1-2H3/b31-26+,33-23?. The number of hydrogen-bond donors (Lipinski definition) is 1. The second-order valence-corrected chi connectivity index (χ2v) is 10.2. The molecule has 0 bridgehead atoms. The molecular formula is C32H34N2O6. The molecule has 0 saturated heterocycles. The van der Waals surface area contributed by atoms with Gasteiger partial charge in [0.2, 0.25) is 0 Å². The van der Waals surface area contributed by atoms with E-state index in [-0.39, 0.29) is 29.7 Å². The Bertz CT molecular complexity index is 1450. The van der Waals surface area contributed by atoms with Crippen molar-refractivity contribution < 1.29 is 28.7 Å². The van der Waals surface area contributed by atoms with Gasteiger partial charge in [-0.05, 0) is 48.4 Å². The molecule has 3 aromatic rings. The summed E-state index contributed by atoms with van der Waals surface area (Å²) >= 11 is 0. The van der Waals surface area contributed by atoms with E-state index in [0.717, 1.165) is 11.1 Å². The number of allylic oxidation sites excluding steroid dienone is 2. The van der Waals surface area contributed by atoms with Gasteiger partial charge in [-0.1, -0.05) is 41.6 Å². The van der Waals surface area contributed by atoms with E-state index in [1.54, 1.807) is 14.2 Å². The minimum Gasteiger partial charge on any atom is -0.511 e. The van der Waals surface area contributed by atoms with Crippen LogP contribution in [0.25, 0.3) is 0 Å². The van der Waals surface area contributed by atoms with Gasteiger partial charge in [0, 0.05) is 44.4 Å². The Balaban J connectivity index is 1.28. The maximum atomic E-state index is 13.1. The van der Waals surface area contributed by atoms with Gasteiger partial charge in [0.15, 0.2) is 23.1 Å². The predicted molar refractivity (Wildman–Crippen MR) is 151 cm³/mol. The Morgan fingerprint density at radius 1 is 1.00 bits per heavy atom. The number of rotatable bonds is 9. The molecule has 8 heteroatoms. The number of benzene rings is 2. The third-order valence-corrected chi connectivity index (χ3v) is 7.67. The Kier molecular flexibility index (Phi) is 8.43. The largest absolute Gasteiger partial charge is 0.511 e. The van der Waals surface area contributed by atoms with Gasteiger partial charge in [0.05, 0.1) is 31.1 Å². The summed E-state index contributed by atoms with van der Waals surface area (Å²) in [4.78, 5) is 30.6. The van der Waals surface area contributed by atoms with Crippen LogP contribution in [0.2, 0.25) is 0 Å². The van der Waals surface area contributed by atoms with Gasteiger partial charge in [-0.2, -0.15) is 0 Å². The molecule has 0 spiro atoms. The number of aliphatic imine (C=N–C) groups is 1. The van der Waals surface area contributed by atoms with Gasteiger partial charge in [-0.15, -0.1) is 0 Å². The number of carbonyl (C=O) groups is 2. The fourth-order valence-electron chi connectivity index (χ4n) is 5.60. The molecule has 1 saturated carbocycles. The predicted octanol–water partition coefficient (Wildman–Crippen LogP) is 5.79. The second-order valence-electron chi connectivity index (χ2n) is 10.2. The van der Waals surface area contributed by atoms with Crippen LogP contribution in [0, 0.1) is 0 Å². The maximum Gasteiger partial charge on any atom is 0.168 e. The van der Waals surface area contributed by atoms with E-state index in [1.807, 2.05) is 48.5 Å². The summed E-state index contributed by atoms with van der Waals surface area (Å²) in [6, 6.07) is 15.7. The zero-order valence-electron chi connectivity index (χ0n) is 22.9. The number of aromatic nitrogens is 1. The molecule has 1 unspecified atom stereocenters. The summed E-state index contributed by atoms with van der Waals surface area (Å²) in [6.45, 7) is 0.475. The first-order valence-electron chi connectivity index (χ1n) is 13.7. The first-order chi connectivity index (χ1) is 19.5. The van der Waals surface area contributed by atoms with Crippen molar-refractivity contribution in [3.63, 3.8) is 0 Å². The van der Waals surface area contributed by atoms with E-state index in [9.17, 15) is 14.7 Å². The first-order valence-corrected chi connectivity index (χ1v) is 13.7. The molecular weight excluding hydrogens is 508 g/mol. The van der Waals surface area contributed by atoms with Crippen molar-refractivity contribution in [2.24, 2.45) is 4.99 Å². The van der Waals surface area contributed by atoms with E-state index in [1.165, 1.54) is 0 Å². The molecule has 1 N–H and O–H groups in total. The van der Waals surface area contributed by atoms with Gasteiger partial charge < -0.3 is 19.1 Å². The number of aryl methyl sites for hydroxylation is 1. The Morgan fingerprint density at radius 3 is 2.58 bits per heavy atom. The lowest BCUT2D eigenvalue weighted by Crippen LogP contribution is -2.22. The van der Waals surface area contributed by atoms with Crippen molar-refractivity contribution in [3.8, 4) is 11.5 Å². The van der Waals surface area contributed by atoms with Crippen LogP contribution in [-0.2, 0) is 24.1 Å². The quantitative estimate of drug-likeness (QED) is 0.269. The summed E-state index contributed by atoms with van der Waals surface area (Å²) < 4.78 is 16.3. The highest BCUT2D eigenvalue weighted by molar-refractivity contribution is 6.24. The monoisotopic (exact) mass is 542 g/mol.